The number of amides is 1. The van der Waals surface area contributed by atoms with Gasteiger partial charge in [0.15, 0.2) is 0 Å². The van der Waals surface area contributed by atoms with Crippen molar-refractivity contribution in [2.45, 2.75) is 52.1 Å². The van der Waals surface area contributed by atoms with Gasteiger partial charge in [0, 0.05) is 57.3 Å². The summed E-state index contributed by atoms with van der Waals surface area (Å²) in [4.78, 5) is 17.2. The molecule has 1 aromatic rings. The van der Waals surface area contributed by atoms with Crippen LogP contribution in [0.3, 0.4) is 0 Å². The summed E-state index contributed by atoms with van der Waals surface area (Å²) in [6.45, 7) is 8.98. The lowest BCUT2D eigenvalue weighted by molar-refractivity contribution is -0.133. The molecule has 1 saturated heterocycles. The van der Waals surface area contributed by atoms with Gasteiger partial charge in [0.05, 0.1) is 6.26 Å². The van der Waals surface area contributed by atoms with Crippen LogP contribution in [0.4, 0.5) is 0 Å². The Hall–Kier alpha value is -1.64. The highest BCUT2D eigenvalue weighted by molar-refractivity contribution is 7.88. The molecule has 1 amide bonds. The Bertz CT molecular complexity index is 831. The van der Waals surface area contributed by atoms with Crippen LogP contribution in [0.1, 0.15) is 44.2 Å². The first-order valence-corrected chi connectivity index (χ1v) is 12.9. The van der Waals surface area contributed by atoms with E-state index in [1.807, 2.05) is 23.1 Å². The van der Waals surface area contributed by atoms with Crippen molar-refractivity contribution < 1.29 is 17.9 Å². The van der Waals surface area contributed by atoms with E-state index in [1.165, 1.54) is 10.6 Å². The predicted molar refractivity (Wildman–Crippen MR) is 118 cm³/mol. The molecule has 8 heteroatoms. The topological polar surface area (TPSA) is 70.2 Å². The van der Waals surface area contributed by atoms with Crippen LogP contribution in [0, 0.1) is 0 Å². The van der Waals surface area contributed by atoms with Gasteiger partial charge in [-0.25, -0.2) is 8.42 Å². The lowest BCUT2D eigenvalue weighted by atomic mass is 10.0. The molecule has 0 bridgehead atoms. The van der Waals surface area contributed by atoms with Gasteiger partial charge >= 0.3 is 0 Å². The second kappa shape index (κ2) is 10.1. The van der Waals surface area contributed by atoms with Gasteiger partial charge in [0.2, 0.25) is 15.9 Å². The van der Waals surface area contributed by atoms with E-state index >= 15 is 0 Å². The number of fused-ring (bicyclic) bond motifs is 1. The maximum atomic E-state index is 12.7. The summed E-state index contributed by atoms with van der Waals surface area (Å²) >= 11 is 0. The molecule has 2 heterocycles. The van der Waals surface area contributed by atoms with Crippen molar-refractivity contribution in [1.29, 1.82) is 0 Å². The minimum Gasteiger partial charge on any atom is -0.492 e. The Morgan fingerprint density at radius 3 is 2.43 bits per heavy atom. The van der Waals surface area contributed by atoms with Crippen molar-refractivity contribution in [3.8, 4) is 5.75 Å². The first-order chi connectivity index (χ1) is 14.3. The molecule has 30 heavy (non-hydrogen) atoms. The summed E-state index contributed by atoms with van der Waals surface area (Å²) in [5.74, 6) is 0.928. The van der Waals surface area contributed by atoms with Gasteiger partial charge < -0.3 is 9.64 Å². The molecule has 1 fully saturated rings. The van der Waals surface area contributed by atoms with E-state index in [2.05, 4.69) is 18.7 Å². The average Bonchev–Trinajstić information content (AvgIpc) is 2.95. The zero-order valence-electron chi connectivity index (χ0n) is 18.5. The monoisotopic (exact) mass is 437 g/mol. The van der Waals surface area contributed by atoms with Crippen molar-refractivity contribution >= 4 is 15.9 Å². The molecule has 0 saturated carbocycles. The van der Waals surface area contributed by atoms with E-state index in [4.69, 9.17) is 4.74 Å². The molecule has 0 aliphatic carbocycles. The molecular weight excluding hydrogens is 402 g/mol. The number of aryl methyl sites for hydroxylation is 1. The van der Waals surface area contributed by atoms with Crippen molar-refractivity contribution in [2.24, 2.45) is 0 Å². The quantitative estimate of drug-likeness (QED) is 0.653. The first kappa shape index (κ1) is 23.0. The van der Waals surface area contributed by atoms with Crippen LogP contribution in [-0.2, 0) is 27.8 Å². The smallest absolute Gasteiger partial charge is 0.222 e. The first-order valence-electron chi connectivity index (χ1n) is 11.0. The number of benzene rings is 1. The van der Waals surface area contributed by atoms with Gasteiger partial charge in [0.25, 0.3) is 0 Å². The summed E-state index contributed by atoms with van der Waals surface area (Å²) in [5, 5.41) is 0. The van der Waals surface area contributed by atoms with Crippen LogP contribution in [0.25, 0.3) is 0 Å². The largest absolute Gasteiger partial charge is 0.492 e. The number of hydrogen-bond donors (Lipinski definition) is 0. The Morgan fingerprint density at radius 2 is 1.80 bits per heavy atom. The van der Waals surface area contributed by atoms with Crippen LogP contribution >= 0.6 is 0 Å². The van der Waals surface area contributed by atoms with Gasteiger partial charge in [0.1, 0.15) is 12.4 Å². The van der Waals surface area contributed by atoms with Gasteiger partial charge in [-0.15, -0.1) is 0 Å². The van der Waals surface area contributed by atoms with Crippen LogP contribution < -0.4 is 4.74 Å². The second-order valence-corrected chi connectivity index (χ2v) is 10.3. The van der Waals surface area contributed by atoms with Gasteiger partial charge in [-0.1, -0.05) is 26.0 Å². The molecule has 2 aliphatic heterocycles. The van der Waals surface area contributed by atoms with E-state index in [0.717, 1.165) is 55.9 Å². The Morgan fingerprint density at radius 1 is 1.10 bits per heavy atom. The summed E-state index contributed by atoms with van der Waals surface area (Å²) < 4.78 is 31.0. The van der Waals surface area contributed by atoms with Crippen LogP contribution in [0.5, 0.6) is 5.75 Å². The number of ether oxygens (including phenoxy) is 1. The Labute approximate surface area is 181 Å². The Balaban J connectivity index is 1.55. The van der Waals surface area contributed by atoms with E-state index < -0.39 is 10.0 Å². The van der Waals surface area contributed by atoms with Gasteiger partial charge in [-0.2, -0.15) is 4.31 Å². The molecule has 3 rings (SSSR count). The van der Waals surface area contributed by atoms with Gasteiger partial charge in [-0.05, 0) is 30.9 Å². The van der Waals surface area contributed by atoms with E-state index in [0.29, 0.717) is 38.6 Å². The molecular formula is C22H35N3O4S. The highest BCUT2D eigenvalue weighted by Gasteiger charge is 2.25. The summed E-state index contributed by atoms with van der Waals surface area (Å²) in [5.41, 5.74) is 1.90. The lowest BCUT2D eigenvalue weighted by Crippen LogP contribution is -2.51. The van der Waals surface area contributed by atoms with Crippen molar-refractivity contribution in [2.75, 3.05) is 45.6 Å². The van der Waals surface area contributed by atoms with Crippen molar-refractivity contribution in [3.05, 3.63) is 29.3 Å². The van der Waals surface area contributed by atoms with Crippen LogP contribution in [0.2, 0.25) is 0 Å². The molecule has 7 nitrogen and oxygen atoms in total. The minimum atomic E-state index is -3.27. The highest BCUT2D eigenvalue weighted by atomic mass is 32.2. The minimum absolute atomic E-state index is 0.197. The fourth-order valence-corrected chi connectivity index (χ4v) is 5.19. The standard InChI is InChI=1S/C22H35N3O4S/c1-4-20(5-2)23-10-12-24(13-11-23)22(26)9-7-18-6-8-21-19(16-18)17-25(14-15-29-21)30(3,27)28/h6,8,16,20H,4-5,7,9-15,17H2,1-3H3. The number of hydrogen-bond acceptors (Lipinski definition) is 5. The number of nitrogens with zero attached hydrogens (tertiary/aromatic N) is 3. The molecule has 0 spiro atoms. The normalized spacial score (nSPS) is 18.7. The molecule has 0 radical (unpaired) electrons. The molecule has 0 N–H and O–H groups in total. The molecule has 2 aliphatic rings. The maximum Gasteiger partial charge on any atom is 0.222 e. The average molecular weight is 438 g/mol. The molecule has 0 aromatic heterocycles. The van der Waals surface area contributed by atoms with E-state index in [1.54, 1.807) is 0 Å². The second-order valence-electron chi connectivity index (χ2n) is 8.27. The number of carbonyl (C=O) groups excluding carboxylic acids is 1. The fourth-order valence-electron chi connectivity index (χ4n) is 4.41. The summed E-state index contributed by atoms with van der Waals surface area (Å²) in [6, 6.07) is 6.48. The third-order valence-electron chi connectivity index (χ3n) is 6.29. The SMILES string of the molecule is CCC(CC)N1CCN(C(=O)CCc2ccc3c(c2)CN(S(C)(=O)=O)CCO3)CC1. The summed E-state index contributed by atoms with van der Waals surface area (Å²) in [7, 11) is -3.27. The predicted octanol–water partition coefficient (Wildman–Crippen LogP) is 2.11. The third kappa shape index (κ3) is 5.74. The molecule has 1 aromatic carbocycles. The van der Waals surface area contributed by atoms with E-state index in [-0.39, 0.29) is 5.91 Å². The van der Waals surface area contributed by atoms with Crippen molar-refractivity contribution in [1.82, 2.24) is 14.1 Å². The fraction of sp³-hybridized carbons (Fsp3) is 0.682. The number of piperazine rings is 1. The van der Waals surface area contributed by atoms with E-state index in [9.17, 15) is 13.2 Å². The number of sulfonamides is 1. The zero-order valence-corrected chi connectivity index (χ0v) is 19.3. The summed E-state index contributed by atoms with van der Waals surface area (Å²) in [6.07, 6.45) is 4.66. The highest BCUT2D eigenvalue weighted by Crippen LogP contribution is 2.26. The molecule has 168 valence electrons. The Kier molecular flexibility index (Phi) is 7.76. The van der Waals surface area contributed by atoms with Crippen LogP contribution in [0.15, 0.2) is 18.2 Å². The third-order valence-corrected chi connectivity index (χ3v) is 7.54. The maximum absolute atomic E-state index is 12.7. The lowest BCUT2D eigenvalue weighted by Gasteiger charge is -2.39. The molecule has 0 unspecified atom stereocenters. The van der Waals surface area contributed by atoms with Crippen molar-refractivity contribution in [3.63, 3.8) is 0 Å². The van der Waals surface area contributed by atoms with Crippen LogP contribution in [-0.4, -0.2) is 80.1 Å². The molecule has 0 atom stereocenters. The van der Waals surface area contributed by atoms with Gasteiger partial charge in [-0.3, -0.25) is 9.69 Å². The number of rotatable bonds is 7. The zero-order chi connectivity index (χ0) is 21.7. The number of carbonyl (C=O) groups is 1.